The van der Waals surface area contributed by atoms with Gasteiger partial charge in [-0.25, -0.2) is 24.1 Å². The number of carbonyl (C=O) groups excluding carboxylic acids is 2. The lowest BCUT2D eigenvalue weighted by Crippen LogP contribution is -2.39. The summed E-state index contributed by atoms with van der Waals surface area (Å²) in [7, 11) is -4.75. The fraction of sp³-hybridized carbons (Fsp3) is 0.629. The highest BCUT2D eigenvalue weighted by Gasteiger charge is 2.49. The third kappa shape index (κ3) is 12.6. The number of carbonyl (C=O) groups is 2. The number of nitrogens with two attached hydrogens (primary N) is 1. The number of hydrogen-bond acceptors (Lipinski definition) is 13. The molecule has 1 amide bonds. The molecule has 0 bridgehead atoms. The maximum atomic E-state index is 15.9. The first kappa shape index (κ1) is 42.5. The quantitative estimate of drug-likeness (QED) is 0.100. The Morgan fingerprint density at radius 1 is 0.981 bits per heavy atom. The number of aromatic nitrogens is 4. The van der Waals surface area contributed by atoms with E-state index < -0.39 is 59.1 Å². The molecule has 0 saturated carbocycles. The Bertz CT molecular complexity index is 1650. The zero-order valence-corrected chi connectivity index (χ0v) is 31.4. The fourth-order valence-corrected chi connectivity index (χ4v) is 6.44. The third-order valence-electron chi connectivity index (χ3n) is 8.78. The number of anilines is 1. The van der Waals surface area contributed by atoms with Gasteiger partial charge in [-0.05, 0) is 38.2 Å². The zero-order chi connectivity index (χ0) is 38.1. The van der Waals surface area contributed by atoms with Crippen LogP contribution in [0, 0.1) is 0 Å². The fourth-order valence-electron chi connectivity index (χ4n) is 5.73. The Kier molecular flexibility index (Phi) is 17.6. The predicted molar refractivity (Wildman–Crippen MR) is 194 cm³/mol. The minimum atomic E-state index is -4.75. The van der Waals surface area contributed by atoms with Crippen LogP contribution >= 0.6 is 0 Å². The molecule has 4 atom stereocenters. The molecular formula is C35H54FN7O8S. The van der Waals surface area contributed by atoms with Crippen molar-refractivity contribution in [1.29, 1.82) is 0 Å². The number of halogens is 1. The average Bonchev–Trinajstić information content (AvgIpc) is 3.69. The monoisotopic (exact) mass is 751 g/mol. The van der Waals surface area contributed by atoms with E-state index in [4.69, 9.17) is 19.4 Å². The van der Waals surface area contributed by atoms with E-state index in [1.807, 2.05) is 0 Å². The molecule has 15 nitrogen and oxygen atoms in total. The van der Waals surface area contributed by atoms with Crippen LogP contribution in [0.3, 0.4) is 0 Å². The summed E-state index contributed by atoms with van der Waals surface area (Å²) in [4.78, 5) is 39.6. The van der Waals surface area contributed by atoms with E-state index in [9.17, 15) is 23.1 Å². The van der Waals surface area contributed by atoms with E-state index in [1.165, 1.54) is 86.8 Å². The summed E-state index contributed by atoms with van der Waals surface area (Å²) in [6.07, 6.45) is 5.49. The minimum absolute atomic E-state index is 0.0456. The highest BCUT2D eigenvalue weighted by atomic mass is 32.2. The number of imidazole rings is 1. The van der Waals surface area contributed by atoms with Crippen LogP contribution in [0.25, 0.3) is 11.2 Å². The van der Waals surface area contributed by atoms with E-state index in [1.54, 1.807) is 4.72 Å². The Hall–Kier alpha value is -3.93. The third-order valence-corrected chi connectivity index (χ3v) is 9.66. The number of amides is 1. The first-order chi connectivity index (χ1) is 25.0. The molecule has 0 unspecified atom stereocenters. The Balaban J connectivity index is 0.000000944. The molecule has 1 aromatic carbocycles. The van der Waals surface area contributed by atoms with Gasteiger partial charge in [0.1, 0.15) is 23.7 Å². The van der Waals surface area contributed by atoms with Crippen molar-refractivity contribution in [2.45, 2.75) is 117 Å². The number of aromatic hydroxyl groups is 1. The summed E-state index contributed by atoms with van der Waals surface area (Å²) in [6, 6.07) is 5.32. The summed E-state index contributed by atoms with van der Waals surface area (Å²) < 4.78 is 60.2. The van der Waals surface area contributed by atoms with Crippen molar-refractivity contribution in [3.8, 4) is 5.75 Å². The van der Waals surface area contributed by atoms with Gasteiger partial charge in [0, 0.05) is 6.42 Å². The number of benzene rings is 1. The Labute approximate surface area is 305 Å². The normalized spacial score (nSPS) is 18.7. The van der Waals surface area contributed by atoms with Crippen molar-refractivity contribution in [1.82, 2.24) is 29.1 Å². The molecule has 4 rings (SSSR count). The highest BCUT2D eigenvalue weighted by Crippen LogP contribution is 2.36. The average molecular weight is 752 g/mol. The van der Waals surface area contributed by atoms with Gasteiger partial charge in [0.05, 0.1) is 18.5 Å². The molecule has 2 aromatic heterocycles. The van der Waals surface area contributed by atoms with Crippen LogP contribution in [-0.2, 0) is 28.8 Å². The second-order valence-corrected chi connectivity index (χ2v) is 13.8. The van der Waals surface area contributed by atoms with Gasteiger partial charge in [0.15, 0.2) is 30.0 Å². The molecule has 52 heavy (non-hydrogen) atoms. The largest absolute Gasteiger partial charge is 0.507 e. The summed E-state index contributed by atoms with van der Waals surface area (Å²) in [5.74, 6) is -2.20. The van der Waals surface area contributed by atoms with Crippen molar-refractivity contribution >= 4 is 39.2 Å². The lowest BCUT2D eigenvalue weighted by Gasteiger charge is -2.19. The molecule has 0 aliphatic carbocycles. The van der Waals surface area contributed by atoms with Crippen LogP contribution < -0.4 is 10.5 Å². The maximum absolute atomic E-state index is 15.9. The van der Waals surface area contributed by atoms with E-state index >= 15 is 4.39 Å². The lowest BCUT2D eigenvalue weighted by molar-refractivity contribution is -0.154. The number of alkyl halides is 1. The number of ether oxygens (including phenoxy) is 2. The number of unbranched alkanes of at least 4 members (excludes halogenated alkanes) is 8. The number of phenolic OH excluding ortho intramolecular Hbond substituents is 1. The molecule has 1 saturated heterocycles. The van der Waals surface area contributed by atoms with Gasteiger partial charge in [-0.2, -0.15) is 8.42 Å². The van der Waals surface area contributed by atoms with Crippen LogP contribution in [0.5, 0.6) is 5.75 Å². The van der Waals surface area contributed by atoms with E-state index in [-0.39, 0.29) is 29.0 Å². The highest BCUT2D eigenvalue weighted by molar-refractivity contribution is 7.85. The molecule has 0 radical (unpaired) electrons. The first-order valence-corrected chi connectivity index (χ1v) is 19.5. The number of para-hydroxylation sites is 1. The number of phenols is 1. The number of esters is 1. The molecular weight excluding hydrogens is 697 g/mol. The van der Waals surface area contributed by atoms with Gasteiger partial charge in [-0.3, -0.25) is 18.3 Å². The maximum Gasteiger partial charge on any atom is 0.362 e. The van der Waals surface area contributed by atoms with Crippen molar-refractivity contribution < 1.29 is 41.2 Å². The lowest BCUT2D eigenvalue weighted by atomic mass is 10.1. The van der Waals surface area contributed by atoms with Gasteiger partial charge < -0.3 is 25.2 Å². The van der Waals surface area contributed by atoms with Crippen LogP contribution in [0.1, 0.15) is 108 Å². The number of hydrogen-bond donors (Lipinski definition) is 3. The zero-order valence-electron chi connectivity index (χ0n) is 30.6. The van der Waals surface area contributed by atoms with E-state index in [2.05, 4.69) is 47.5 Å². The van der Waals surface area contributed by atoms with Crippen molar-refractivity contribution in [3.05, 3.63) is 42.5 Å². The number of fused-ring (bicyclic) bond motifs is 1. The van der Waals surface area contributed by atoms with Gasteiger partial charge >= 0.3 is 16.3 Å². The van der Waals surface area contributed by atoms with Crippen molar-refractivity contribution in [3.63, 3.8) is 0 Å². The molecule has 17 heteroatoms. The molecule has 0 spiro atoms. The molecule has 4 N–H and O–H groups in total. The van der Waals surface area contributed by atoms with Gasteiger partial charge in [-0.15, -0.1) is 0 Å². The second kappa shape index (κ2) is 21.6. The molecule has 3 aromatic rings. The number of nitrogens with zero attached hydrogens (tertiary/aromatic N) is 5. The predicted octanol–water partition coefficient (Wildman–Crippen LogP) is 5.22. The van der Waals surface area contributed by atoms with Crippen LogP contribution in [-0.4, -0.2) is 94.4 Å². The SMILES string of the molecule is CCCCCCCCCCCC(=O)O[C@H]1[C@@H](F)[C@H](n2cnc3c(N)ncnc32)O[C@@H]1COS(=O)(=O)NC(=O)c1ccccc1O.CCN(CC)CC. The van der Waals surface area contributed by atoms with Crippen molar-refractivity contribution in [2.75, 3.05) is 32.0 Å². The van der Waals surface area contributed by atoms with Gasteiger partial charge in [-0.1, -0.05) is 91.2 Å². The van der Waals surface area contributed by atoms with Crippen LogP contribution in [0.15, 0.2) is 36.9 Å². The van der Waals surface area contributed by atoms with Gasteiger partial charge in [0.25, 0.3) is 5.91 Å². The number of rotatable bonds is 20. The molecule has 1 aliphatic heterocycles. The van der Waals surface area contributed by atoms with Gasteiger partial charge in [0.2, 0.25) is 0 Å². The number of nitrogens with one attached hydrogen (secondary N) is 1. The van der Waals surface area contributed by atoms with Crippen LogP contribution in [0.4, 0.5) is 10.2 Å². The topological polar surface area (TPSA) is 201 Å². The van der Waals surface area contributed by atoms with E-state index in [0.717, 1.165) is 25.7 Å². The number of nitrogen functional groups attached to an aromatic ring is 1. The van der Waals surface area contributed by atoms with Crippen LogP contribution in [0.2, 0.25) is 0 Å². The van der Waals surface area contributed by atoms with E-state index in [0.29, 0.717) is 6.42 Å². The minimum Gasteiger partial charge on any atom is -0.507 e. The Morgan fingerprint density at radius 2 is 1.62 bits per heavy atom. The molecule has 1 fully saturated rings. The second-order valence-electron chi connectivity index (χ2n) is 12.4. The summed E-state index contributed by atoms with van der Waals surface area (Å²) in [6.45, 7) is 11.5. The summed E-state index contributed by atoms with van der Waals surface area (Å²) in [5.41, 5.74) is 5.89. The molecule has 1 aliphatic rings. The first-order valence-electron chi connectivity index (χ1n) is 18.1. The molecule has 3 heterocycles. The van der Waals surface area contributed by atoms with Crippen molar-refractivity contribution in [2.24, 2.45) is 0 Å². The standard InChI is InChI=1S/C29H39FN6O8S.C6H15N/c1-2-3-4-5-6-7-8-9-10-15-22(38)44-25-21(16-42-45(40,41)35-28(39)19-13-11-12-14-20(19)37)43-29(23(25)30)36-18-34-24-26(31)32-17-33-27(24)36;1-4-7(5-2)6-3/h11-14,17-18,21,23,25,29,37H,2-10,15-16H2,1H3,(H,35,39)(H2,31,32,33);4-6H2,1-3H3/t21-,23-,25-,29-;/m1./s1. The smallest absolute Gasteiger partial charge is 0.362 e. The summed E-state index contributed by atoms with van der Waals surface area (Å²) >= 11 is 0. The molecule has 290 valence electrons. The Morgan fingerprint density at radius 3 is 2.23 bits per heavy atom. The summed E-state index contributed by atoms with van der Waals surface area (Å²) in [5, 5.41) is 9.85.